The molecular weight excluding hydrogens is 610 g/mol. The molecule has 0 bridgehead atoms. The van der Waals surface area contributed by atoms with Gasteiger partial charge in [0.05, 0.1) is 28.7 Å². The van der Waals surface area contributed by atoms with E-state index in [1.54, 1.807) is 0 Å². The number of alkyl halides is 2. The Hall–Kier alpha value is 0.160. The summed E-state index contributed by atoms with van der Waals surface area (Å²) in [6.45, 7) is 13.0. The summed E-state index contributed by atoms with van der Waals surface area (Å²) in [7, 11) is 0. The number of rotatable bonds is 8. The number of ether oxygens (including phenoxy) is 2. The molecule has 0 unspecified atom stereocenters. The van der Waals surface area contributed by atoms with Crippen molar-refractivity contribution < 1.29 is 9.47 Å². The fourth-order valence-corrected chi connectivity index (χ4v) is 4.19. The first-order chi connectivity index (χ1) is 14.0. The van der Waals surface area contributed by atoms with Gasteiger partial charge in [-0.15, -0.1) is 0 Å². The highest BCUT2D eigenvalue weighted by atomic mass is 79.9. The van der Waals surface area contributed by atoms with Crippen LogP contribution in [0.15, 0.2) is 24.3 Å². The Morgan fingerprint density at radius 2 is 0.871 bits per heavy atom. The zero-order valence-corrected chi connectivity index (χ0v) is 24.5. The van der Waals surface area contributed by atoms with Gasteiger partial charge in [-0.2, -0.15) is 0 Å². The topological polar surface area (TPSA) is 18.5 Å². The molecule has 2 rings (SSSR count). The molecule has 0 saturated carbocycles. The van der Waals surface area contributed by atoms with Crippen molar-refractivity contribution in [2.75, 3.05) is 13.2 Å². The smallest absolute Gasteiger partial charge is 0.156 e. The van der Waals surface area contributed by atoms with E-state index in [0.717, 1.165) is 11.1 Å². The predicted octanol–water partition coefficient (Wildman–Crippen LogP) is 9.73. The van der Waals surface area contributed by atoms with Crippen LogP contribution in [0.2, 0.25) is 20.1 Å². The van der Waals surface area contributed by atoms with Crippen LogP contribution in [0.3, 0.4) is 0 Å². The molecule has 2 nitrogen and oxygen atoms in total. The third-order valence-corrected chi connectivity index (χ3v) is 6.14. The first kappa shape index (κ1) is 27.4. The van der Waals surface area contributed by atoms with Crippen LogP contribution in [-0.2, 0) is 5.41 Å². The van der Waals surface area contributed by atoms with E-state index in [1.165, 1.54) is 0 Å². The second-order valence-electron chi connectivity index (χ2n) is 9.18. The molecule has 0 aliphatic carbocycles. The summed E-state index contributed by atoms with van der Waals surface area (Å²) >= 11 is 33.2. The highest BCUT2D eigenvalue weighted by molar-refractivity contribution is 9.10. The molecule has 0 atom stereocenters. The number of hydrogen-bond acceptors (Lipinski definition) is 2. The molecule has 0 heterocycles. The van der Waals surface area contributed by atoms with E-state index in [-0.39, 0.29) is 8.65 Å². The van der Waals surface area contributed by atoms with Crippen LogP contribution in [0.1, 0.15) is 52.7 Å². The Bertz CT molecular complexity index is 826. The van der Waals surface area contributed by atoms with Crippen molar-refractivity contribution in [2.24, 2.45) is 0 Å². The van der Waals surface area contributed by atoms with Crippen molar-refractivity contribution in [3.8, 4) is 11.5 Å². The van der Waals surface area contributed by atoms with Crippen LogP contribution in [-0.4, -0.2) is 21.9 Å². The van der Waals surface area contributed by atoms with Crippen molar-refractivity contribution in [3.63, 3.8) is 0 Å². The summed E-state index contributed by atoms with van der Waals surface area (Å²) in [6, 6.07) is 7.46. The number of benzene rings is 2. The highest BCUT2D eigenvalue weighted by Crippen LogP contribution is 2.44. The van der Waals surface area contributed by atoms with Gasteiger partial charge in [0.1, 0.15) is 13.2 Å². The molecule has 172 valence electrons. The molecule has 2 aromatic rings. The van der Waals surface area contributed by atoms with Gasteiger partial charge in [-0.3, -0.25) is 0 Å². The van der Waals surface area contributed by atoms with Gasteiger partial charge in [-0.1, -0.05) is 92.1 Å². The maximum Gasteiger partial charge on any atom is 0.156 e. The quantitative estimate of drug-likeness (QED) is 0.269. The average molecular weight is 636 g/mol. The summed E-state index contributed by atoms with van der Waals surface area (Å²) in [6.07, 6.45) is 0. The van der Waals surface area contributed by atoms with Gasteiger partial charge in [0.2, 0.25) is 0 Å². The summed E-state index contributed by atoms with van der Waals surface area (Å²) in [5, 5.41) is 1.79. The van der Waals surface area contributed by atoms with E-state index >= 15 is 0 Å². The first-order valence-corrected chi connectivity index (χ1v) is 12.7. The summed E-state index contributed by atoms with van der Waals surface area (Å²) in [5.74, 6) is 0.931. The Labute approximate surface area is 222 Å². The minimum Gasteiger partial charge on any atom is -0.489 e. The van der Waals surface area contributed by atoms with Gasteiger partial charge >= 0.3 is 0 Å². The lowest BCUT2D eigenvalue weighted by molar-refractivity contribution is 0.291. The maximum absolute atomic E-state index is 6.53. The van der Waals surface area contributed by atoms with E-state index < -0.39 is 5.41 Å². The van der Waals surface area contributed by atoms with Crippen LogP contribution in [0, 0.1) is 0 Å². The van der Waals surface area contributed by atoms with Gasteiger partial charge in [-0.25, -0.2) is 0 Å². The zero-order chi connectivity index (χ0) is 23.8. The normalized spacial score (nSPS) is 12.8. The maximum atomic E-state index is 6.53. The van der Waals surface area contributed by atoms with Gasteiger partial charge in [-0.05, 0) is 63.1 Å². The molecule has 0 aromatic heterocycles. The lowest BCUT2D eigenvalue weighted by Gasteiger charge is -2.29. The second kappa shape index (κ2) is 10.2. The Balaban J connectivity index is 2.38. The van der Waals surface area contributed by atoms with E-state index in [4.69, 9.17) is 55.9 Å². The molecule has 2 aromatic carbocycles. The van der Waals surface area contributed by atoms with Crippen LogP contribution < -0.4 is 9.47 Å². The lowest BCUT2D eigenvalue weighted by atomic mass is 9.78. The van der Waals surface area contributed by atoms with E-state index in [2.05, 4.69) is 45.7 Å². The molecule has 0 N–H and O–H groups in total. The zero-order valence-electron chi connectivity index (χ0n) is 18.3. The van der Waals surface area contributed by atoms with E-state index in [1.807, 2.05) is 52.0 Å². The van der Waals surface area contributed by atoms with E-state index in [0.29, 0.717) is 44.8 Å². The molecule has 0 fully saturated rings. The minimum absolute atomic E-state index is 0.195. The van der Waals surface area contributed by atoms with Gasteiger partial charge in [0, 0.05) is 5.41 Å². The lowest BCUT2D eigenvalue weighted by Crippen LogP contribution is -2.22. The van der Waals surface area contributed by atoms with Crippen molar-refractivity contribution >= 4 is 78.3 Å². The molecular formula is C23H26Br2Cl4O2. The van der Waals surface area contributed by atoms with Crippen molar-refractivity contribution in [3.05, 3.63) is 55.5 Å². The van der Waals surface area contributed by atoms with Crippen molar-refractivity contribution in [2.45, 2.75) is 55.6 Å². The minimum atomic E-state index is -0.471. The Morgan fingerprint density at radius 3 is 1.10 bits per heavy atom. The molecule has 0 saturated heterocycles. The fourth-order valence-electron chi connectivity index (χ4n) is 2.77. The first-order valence-electron chi connectivity index (χ1n) is 9.64. The average Bonchev–Trinajstić information content (AvgIpc) is 2.58. The van der Waals surface area contributed by atoms with Crippen LogP contribution in [0.25, 0.3) is 0 Å². The largest absolute Gasteiger partial charge is 0.489 e. The Morgan fingerprint density at radius 1 is 0.613 bits per heavy atom. The van der Waals surface area contributed by atoms with Gasteiger partial charge in [0.25, 0.3) is 0 Å². The predicted molar refractivity (Wildman–Crippen MR) is 142 cm³/mol. The summed E-state index contributed by atoms with van der Waals surface area (Å²) < 4.78 is 11.3. The molecule has 8 heteroatoms. The highest BCUT2D eigenvalue weighted by Gasteiger charge is 2.28. The molecule has 0 amide bonds. The Kier molecular flexibility index (Phi) is 9.01. The van der Waals surface area contributed by atoms with Crippen LogP contribution in [0.5, 0.6) is 11.5 Å². The molecule has 0 radical (unpaired) electrons. The third kappa shape index (κ3) is 7.58. The molecule has 0 aliphatic heterocycles. The molecule has 31 heavy (non-hydrogen) atoms. The third-order valence-electron chi connectivity index (χ3n) is 4.56. The fraction of sp³-hybridized carbons (Fsp3) is 0.478. The number of halogens is 6. The van der Waals surface area contributed by atoms with Gasteiger partial charge < -0.3 is 9.47 Å². The molecule has 0 aliphatic rings. The van der Waals surface area contributed by atoms with E-state index in [9.17, 15) is 0 Å². The summed E-state index contributed by atoms with van der Waals surface area (Å²) in [5.41, 5.74) is 1.35. The van der Waals surface area contributed by atoms with Crippen molar-refractivity contribution in [1.29, 1.82) is 0 Å². The van der Waals surface area contributed by atoms with Crippen LogP contribution in [0.4, 0.5) is 0 Å². The van der Waals surface area contributed by atoms with Crippen LogP contribution >= 0.6 is 78.3 Å². The summed E-state index contributed by atoms with van der Waals surface area (Å²) in [4.78, 5) is 0. The van der Waals surface area contributed by atoms with Gasteiger partial charge in [0.15, 0.2) is 11.5 Å². The van der Waals surface area contributed by atoms with Crippen molar-refractivity contribution in [1.82, 2.24) is 0 Å². The number of hydrogen-bond donors (Lipinski definition) is 0. The standard InChI is InChI=1S/C23H26Br2Cl4O2/c1-21(2,24)11-30-19-15(26)7-13(8-16(19)27)23(5,6)14-9-17(28)20(18(29)10-14)31-12-22(3,4)25/h7-10H,11-12H2,1-6H3. The SMILES string of the molecule is CC(C)(Br)COc1c(Cl)cc(C(C)(C)c2cc(Cl)c(OCC(C)(C)Br)c(Cl)c2)cc1Cl. The second-order valence-corrected chi connectivity index (χ2v) is 15.1. The monoisotopic (exact) mass is 632 g/mol. The molecule has 0 spiro atoms.